The topological polar surface area (TPSA) is 65.6 Å². The molecule has 0 saturated carbocycles. The highest BCUT2D eigenvalue weighted by Gasteiger charge is 2.12. The Morgan fingerprint density at radius 3 is 2.81 bits per heavy atom. The number of halogens is 2. The molecule has 0 saturated heterocycles. The molecular weight excluding hydrogens is 381 g/mol. The van der Waals surface area contributed by atoms with Crippen molar-refractivity contribution in [3.05, 3.63) is 75.7 Å². The Morgan fingerprint density at radius 2 is 2.00 bits per heavy atom. The van der Waals surface area contributed by atoms with E-state index in [0.29, 0.717) is 38.5 Å². The lowest BCUT2D eigenvalue weighted by Crippen LogP contribution is -1.84. The Morgan fingerprint density at radius 1 is 1.15 bits per heavy atom. The number of benzene rings is 2. The lowest BCUT2D eigenvalue weighted by Gasteiger charge is -2.01. The maximum absolute atomic E-state index is 9.57. The SMILES string of the molecule is Cc1ccc2nc(C(C#N)=Cc3ccc(-c4cc(Cl)ccc4Cl)o3)[nH]c2c1. The van der Waals surface area contributed by atoms with E-state index >= 15 is 0 Å². The first-order chi connectivity index (χ1) is 13.0. The lowest BCUT2D eigenvalue weighted by molar-refractivity contribution is 0.572. The van der Waals surface area contributed by atoms with Crippen molar-refractivity contribution in [2.24, 2.45) is 0 Å². The molecule has 0 unspecified atom stereocenters. The molecule has 0 radical (unpaired) electrons. The molecule has 4 aromatic rings. The zero-order valence-electron chi connectivity index (χ0n) is 14.3. The molecule has 4 rings (SSSR count). The zero-order chi connectivity index (χ0) is 19.0. The van der Waals surface area contributed by atoms with Crippen molar-refractivity contribution < 1.29 is 4.42 Å². The Hall–Kier alpha value is -3.00. The molecule has 2 heterocycles. The average Bonchev–Trinajstić information content (AvgIpc) is 3.28. The van der Waals surface area contributed by atoms with Crippen molar-refractivity contribution in [2.45, 2.75) is 6.92 Å². The number of aromatic amines is 1. The Bertz CT molecular complexity index is 1230. The number of imidazole rings is 1. The Kier molecular flexibility index (Phi) is 4.49. The second-order valence-electron chi connectivity index (χ2n) is 6.10. The van der Waals surface area contributed by atoms with Gasteiger partial charge in [0.25, 0.3) is 0 Å². The number of nitrogens with one attached hydrogen (secondary N) is 1. The molecule has 6 heteroatoms. The predicted octanol–water partition coefficient (Wildman–Crippen LogP) is 6.50. The van der Waals surface area contributed by atoms with E-state index in [9.17, 15) is 5.26 Å². The molecule has 0 aliphatic heterocycles. The van der Waals surface area contributed by atoms with Crippen molar-refractivity contribution >= 4 is 45.9 Å². The summed E-state index contributed by atoms with van der Waals surface area (Å²) in [6.45, 7) is 2.01. The number of aryl methyl sites for hydroxylation is 1. The van der Waals surface area contributed by atoms with E-state index < -0.39 is 0 Å². The summed E-state index contributed by atoms with van der Waals surface area (Å²) >= 11 is 12.3. The van der Waals surface area contributed by atoms with Gasteiger partial charge in [-0.05, 0) is 55.0 Å². The van der Waals surface area contributed by atoms with Gasteiger partial charge >= 0.3 is 0 Å². The van der Waals surface area contributed by atoms with Crippen molar-refractivity contribution in [2.75, 3.05) is 0 Å². The van der Waals surface area contributed by atoms with Crippen molar-refractivity contribution in [1.29, 1.82) is 5.26 Å². The number of allylic oxidation sites excluding steroid dienone is 1. The third-order valence-corrected chi connectivity index (χ3v) is 4.68. The summed E-state index contributed by atoms with van der Waals surface area (Å²) in [5.41, 5.74) is 3.89. The average molecular weight is 394 g/mol. The molecule has 2 aromatic heterocycles. The summed E-state index contributed by atoms with van der Waals surface area (Å²) in [7, 11) is 0. The van der Waals surface area contributed by atoms with Gasteiger partial charge in [-0.2, -0.15) is 5.26 Å². The van der Waals surface area contributed by atoms with Crippen LogP contribution in [0, 0.1) is 18.3 Å². The van der Waals surface area contributed by atoms with Crippen LogP contribution in [-0.4, -0.2) is 9.97 Å². The quantitative estimate of drug-likeness (QED) is 0.403. The van der Waals surface area contributed by atoms with Crippen LogP contribution < -0.4 is 0 Å². The minimum absolute atomic E-state index is 0.377. The first kappa shape index (κ1) is 17.4. The normalized spacial score (nSPS) is 11.7. The zero-order valence-corrected chi connectivity index (χ0v) is 15.8. The first-order valence-corrected chi connectivity index (χ1v) is 8.93. The second kappa shape index (κ2) is 6.96. The highest BCUT2D eigenvalue weighted by molar-refractivity contribution is 6.35. The maximum Gasteiger partial charge on any atom is 0.149 e. The van der Waals surface area contributed by atoms with Crippen LogP contribution in [0.2, 0.25) is 10.0 Å². The number of hydrogen-bond donors (Lipinski definition) is 1. The van der Waals surface area contributed by atoms with E-state index in [0.717, 1.165) is 16.6 Å². The number of aromatic nitrogens is 2. The monoisotopic (exact) mass is 393 g/mol. The minimum Gasteiger partial charge on any atom is -0.457 e. The Balaban J connectivity index is 1.72. The van der Waals surface area contributed by atoms with E-state index in [4.69, 9.17) is 27.6 Å². The van der Waals surface area contributed by atoms with Crippen LogP contribution in [0.4, 0.5) is 0 Å². The molecule has 4 nitrogen and oxygen atoms in total. The van der Waals surface area contributed by atoms with Crippen LogP contribution in [0.25, 0.3) is 34.0 Å². The van der Waals surface area contributed by atoms with Gasteiger partial charge in [0.1, 0.15) is 23.4 Å². The van der Waals surface area contributed by atoms with Crippen LogP contribution in [0.3, 0.4) is 0 Å². The van der Waals surface area contributed by atoms with Gasteiger partial charge in [-0.15, -0.1) is 0 Å². The highest BCUT2D eigenvalue weighted by Crippen LogP contribution is 2.32. The molecule has 0 aliphatic carbocycles. The van der Waals surface area contributed by atoms with Crippen LogP contribution in [0.5, 0.6) is 0 Å². The predicted molar refractivity (Wildman–Crippen MR) is 108 cm³/mol. The Labute approximate surface area is 165 Å². The fourth-order valence-electron chi connectivity index (χ4n) is 2.81. The van der Waals surface area contributed by atoms with E-state index in [-0.39, 0.29) is 0 Å². The fourth-order valence-corrected chi connectivity index (χ4v) is 3.19. The molecule has 0 atom stereocenters. The van der Waals surface area contributed by atoms with Crippen molar-refractivity contribution in [3.63, 3.8) is 0 Å². The minimum atomic E-state index is 0.377. The molecule has 0 amide bonds. The van der Waals surface area contributed by atoms with Crippen LogP contribution in [0.15, 0.2) is 52.9 Å². The third kappa shape index (κ3) is 3.48. The molecule has 0 spiro atoms. The van der Waals surface area contributed by atoms with E-state index in [1.807, 2.05) is 25.1 Å². The van der Waals surface area contributed by atoms with Gasteiger partial charge in [-0.1, -0.05) is 29.3 Å². The number of nitrogens with zero attached hydrogens (tertiary/aromatic N) is 2. The highest BCUT2D eigenvalue weighted by atomic mass is 35.5. The van der Waals surface area contributed by atoms with Gasteiger partial charge in [0.2, 0.25) is 0 Å². The van der Waals surface area contributed by atoms with E-state index in [2.05, 4.69) is 16.0 Å². The van der Waals surface area contributed by atoms with Gasteiger partial charge < -0.3 is 9.40 Å². The van der Waals surface area contributed by atoms with Gasteiger partial charge in [0.15, 0.2) is 0 Å². The number of hydrogen-bond acceptors (Lipinski definition) is 3. The van der Waals surface area contributed by atoms with Crippen LogP contribution in [-0.2, 0) is 0 Å². The van der Waals surface area contributed by atoms with Gasteiger partial charge in [0.05, 0.1) is 21.6 Å². The van der Waals surface area contributed by atoms with Gasteiger partial charge in [0, 0.05) is 16.7 Å². The van der Waals surface area contributed by atoms with E-state index in [1.165, 1.54) is 0 Å². The van der Waals surface area contributed by atoms with Crippen LogP contribution in [0.1, 0.15) is 17.1 Å². The van der Waals surface area contributed by atoms with Crippen molar-refractivity contribution in [1.82, 2.24) is 9.97 Å². The summed E-state index contributed by atoms with van der Waals surface area (Å²) in [6, 6.07) is 16.8. The molecule has 0 fully saturated rings. The lowest BCUT2D eigenvalue weighted by atomic mass is 10.2. The summed E-state index contributed by atoms with van der Waals surface area (Å²) in [5, 5.41) is 10.7. The second-order valence-corrected chi connectivity index (χ2v) is 6.95. The molecule has 27 heavy (non-hydrogen) atoms. The van der Waals surface area contributed by atoms with E-state index in [1.54, 1.807) is 36.4 Å². The summed E-state index contributed by atoms with van der Waals surface area (Å²) in [5.74, 6) is 1.59. The molecule has 0 aliphatic rings. The van der Waals surface area contributed by atoms with Crippen LogP contribution >= 0.6 is 23.2 Å². The smallest absolute Gasteiger partial charge is 0.149 e. The number of rotatable bonds is 3. The summed E-state index contributed by atoms with van der Waals surface area (Å²) in [4.78, 5) is 7.67. The fraction of sp³-hybridized carbons (Fsp3) is 0.0476. The summed E-state index contributed by atoms with van der Waals surface area (Å²) < 4.78 is 5.84. The first-order valence-electron chi connectivity index (χ1n) is 8.17. The molecule has 0 bridgehead atoms. The standard InChI is InChI=1S/C21H13Cl2N3O/c1-12-2-6-18-19(8-12)26-21(25-18)13(11-24)9-15-4-7-20(27-15)16-10-14(22)3-5-17(16)23/h2-10H,1H3,(H,25,26). The maximum atomic E-state index is 9.57. The van der Waals surface area contributed by atoms with Gasteiger partial charge in [-0.25, -0.2) is 4.98 Å². The number of fused-ring (bicyclic) bond motifs is 1. The molecule has 2 aromatic carbocycles. The number of nitriles is 1. The van der Waals surface area contributed by atoms with Crippen molar-refractivity contribution in [3.8, 4) is 17.4 Å². The third-order valence-electron chi connectivity index (χ3n) is 4.12. The number of H-pyrrole nitrogens is 1. The molecular formula is C21H13Cl2N3O. The molecule has 132 valence electrons. The van der Waals surface area contributed by atoms with Gasteiger partial charge in [-0.3, -0.25) is 0 Å². The summed E-state index contributed by atoms with van der Waals surface area (Å²) in [6.07, 6.45) is 1.65. The largest absolute Gasteiger partial charge is 0.457 e. The number of furan rings is 1. The molecule has 1 N–H and O–H groups in total.